The van der Waals surface area contributed by atoms with Crippen LogP contribution in [0.25, 0.3) is 0 Å². The van der Waals surface area contributed by atoms with Crippen molar-refractivity contribution in [1.82, 2.24) is 21.3 Å². The van der Waals surface area contributed by atoms with Crippen molar-refractivity contribution in [2.45, 2.75) is 88.5 Å². The van der Waals surface area contributed by atoms with E-state index in [0.29, 0.717) is 0 Å². The summed E-state index contributed by atoms with van der Waals surface area (Å²) in [6.45, 7) is 1.44. The van der Waals surface area contributed by atoms with Crippen LogP contribution >= 0.6 is 0 Å². The molecule has 0 saturated carbocycles. The van der Waals surface area contributed by atoms with Crippen LogP contribution in [0.5, 0.6) is 0 Å². The first-order valence-electron chi connectivity index (χ1n) is 14.2. The van der Waals surface area contributed by atoms with Crippen LogP contribution in [0.2, 0.25) is 0 Å². The van der Waals surface area contributed by atoms with Gasteiger partial charge in [-0.3, -0.25) is 38.8 Å². The Bertz CT molecular complexity index is 1140. The summed E-state index contributed by atoms with van der Waals surface area (Å²) in [5.74, 6) is -7.82. The zero-order valence-electron chi connectivity index (χ0n) is 25.4. The minimum Gasteiger partial charge on any atom is -0.481 e. The fourth-order valence-corrected chi connectivity index (χ4v) is 3.71. The molecule has 0 heterocycles. The van der Waals surface area contributed by atoms with Gasteiger partial charge in [0, 0.05) is 25.9 Å². The number of nitrogens with zero attached hydrogens (tertiary/aromatic N) is 2. The van der Waals surface area contributed by atoms with Crippen LogP contribution in [0, 0.1) is 0 Å². The van der Waals surface area contributed by atoms with Crippen molar-refractivity contribution in [3.8, 4) is 0 Å². The van der Waals surface area contributed by atoms with Crippen molar-refractivity contribution in [1.29, 1.82) is 0 Å². The molecule has 0 aliphatic rings. The zero-order valence-corrected chi connectivity index (χ0v) is 25.4. The maximum Gasteiger partial charge on any atom is 0.326 e. The quantitative estimate of drug-likeness (QED) is 0.0278. The van der Waals surface area contributed by atoms with Gasteiger partial charge < -0.3 is 65.3 Å². The van der Waals surface area contributed by atoms with Gasteiger partial charge in [-0.1, -0.05) is 0 Å². The van der Waals surface area contributed by atoms with Gasteiger partial charge in [0.15, 0.2) is 11.9 Å². The Labute approximate surface area is 264 Å². The van der Waals surface area contributed by atoms with Crippen LogP contribution in [0.1, 0.15) is 58.3 Å². The largest absolute Gasteiger partial charge is 0.481 e. The third kappa shape index (κ3) is 18.5. The second-order valence-electron chi connectivity index (χ2n) is 10.1. The monoisotopic (exact) mass is 659 g/mol. The van der Waals surface area contributed by atoms with Gasteiger partial charge >= 0.3 is 17.9 Å². The molecule has 17 N–H and O–H groups in total. The summed E-state index contributed by atoms with van der Waals surface area (Å²) in [7, 11) is 0. The van der Waals surface area contributed by atoms with E-state index in [9.17, 15) is 38.7 Å². The molecule has 260 valence electrons. The molecule has 0 aromatic carbocycles. The number of aliphatic carboxylic acids is 3. The number of nitrogens with one attached hydrogen (secondary N) is 4. The van der Waals surface area contributed by atoms with E-state index in [2.05, 4.69) is 31.3 Å². The second kappa shape index (κ2) is 21.5. The Morgan fingerprint density at radius 2 is 1.00 bits per heavy atom. The molecular weight excluding hydrogens is 614 g/mol. The van der Waals surface area contributed by atoms with Crippen LogP contribution in [0.3, 0.4) is 0 Å². The average Bonchev–Trinajstić information content (AvgIpc) is 2.95. The minimum atomic E-state index is -1.45. The number of aliphatic imine (C=N–C) groups is 2. The number of carboxylic acids is 3. The smallest absolute Gasteiger partial charge is 0.326 e. The maximum absolute atomic E-state index is 13.1. The summed E-state index contributed by atoms with van der Waals surface area (Å²) in [6.07, 6.45) is -1.29. The molecule has 0 saturated heterocycles. The van der Waals surface area contributed by atoms with Gasteiger partial charge in [0.05, 0.1) is 6.04 Å². The number of carboxylic acid groups (broad SMARTS) is 3. The topological polar surface area (TPSA) is 383 Å². The first kappa shape index (κ1) is 40.8. The normalized spacial score (nSPS) is 13.8. The van der Waals surface area contributed by atoms with E-state index in [1.807, 2.05) is 0 Å². The summed E-state index contributed by atoms with van der Waals surface area (Å²) in [5.41, 5.74) is 26.8. The first-order chi connectivity index (χ1) is 21.4. The predicted octanol–water partition coefficient (Wildman–Crippen LogP) is -4.81. The predicted molar refractivity (Wildman–Crippen MR) is 163 cm³/mol. The minimum absolute atomic E-state index is 0.0393. The molecule has 0 rings (SSSR count). The summed E-state index contributed by atoms with van der Waals surface area (Å²) >= 11 is 0. The van der Waals surface area contributed by atoms with Gasteiger partial charge in [-0.15, -0.1) is 0 Å². The van der Waals surface area contributed by atoms with Crippen LogP contribution in [0.15, 0.2) is 9.98 Å². The van der Waals surface area contributed by atoms with Crippen LogP contribution in [-0.2, 0) is 33.6 Å². The van der Waals surface area contributed by atoms with Crippen molar-refractivity contribution >= 4 is 53.5 Å². The zero-order chi connectivity index (χ0) is 35.4. The molecule has 21 heteroatoms. The van der Waals surface area contributed by atoms with Crippen molar-refractivity contribution in [2.24, 2.45) is 38.7 Å². The molecule has 0 aliphatic carbocycles. The highest BCUT2D eigenvalue weighted by Gasteiger charge is 2.30. The van der Waals surface area contributed by atoms with Gasteiger partial charge in [0.1, 0.15) is 24.2 Å². The lowest BCUT2D eigenvalue weighted by molar-refractivity contribution is -0.142. The molecule has 0 unspecified atom stereocenters. The second-order valence-corrected chi connectivity index (χ2v) is 10.1. The van der Waals surface area contributed by atoms with E-state index in [4.69, 9.17) is 38.9 Å². The SMILES string of the molecule is C[C@H](NC(=O)[C@H](CCC(=O)O)NC(=O)[C@@H](N)CCC(=O)O)C(=O)N[C@@H](CCCN=C(N)N)C(=O)N[C@@H](CCCN=C(N)N)C(=O)O. The summed E-state index contributed by atoms with van der Waals surface area (Å²) in [5, 5.41) is 36.7. The molecule has 4 amide bonds. The number of hydrogen-bond acceptors (Lipinski definition) is 10. The van der Waals surface area contributed by atoms with E-state index in [0.717, 1.165) is 0 Å². The Hall–Kier alpha value is -5.21. The number of carbonyl (C=O) groups is 7. The van der Waals surface area contributed by atoms with Crippen LogP contribution in [-0.4, -0.2) is 112 Å². The number of nitrogens with two attached hydrogens (primary N) is 5. The van der Waals surface area contributed by atoms with Gasteiger partial charge in [-0.05, 0) is 45.4 Å². The lowest BCUT2D eigenvalue weighted by atomic mass is 10.1. The fraction of sp³-hybridized carbons (Fsp3) is 0.640. The average molecular weight is 660 g/mol. The molecule has 0 radical (unpaired) electrons. The Kier molecular flexibility index (Phi) is 19.1. The summed E-state index contributed by atoms with van der Waals surface area (Å²) in [6, 6.07) is -6.74. The molecule has 0 aliphatic heterocycles. The fourth-order valence-electron chi connectivity index (χ4n) is 3.71. The molecular formula is C25H45N11O10. The highest BCUT2D eigenvalue weighted by Crippen LogP contribution is 2.06. The summed E-state index contributed by atoms with van der Waals surface area (Å²) in [4.78, 5) is 92.6. The number of hydrogen-bond donors (Lipinski definition) is 12. The maximum atomic E-state index is 13.1. The Morgan fingerprint density at radius 1 is 0.587 bits per heavy atom. The molecule has 5 atom stereocenters. The van der Waals surface area contributed by atoms with E-state index in [1.54, 1.807) is 0 Å². The highest BCUT2D eigenvalue weighted by molar-refractivity contribution is 5.95. The lowest BCUT2D eigenvalue weighted by Crippen LogP contribution is -2.57. The molecule has 0 aromatic rings. The molecule has 21 nitrogen and oxygen atoms in total. The lowest BCUT2D eigenvalue weighted by Gasteiger charge is -2.25. The summed E-state index contributed by atoms with van der Waals surface area (Å²) < 4.78 is 0. The van der Waals surface area contributed by atoms with Crippen LogP contribution < -0.4 is 49.9 Å². The van der Waals surface area contributed by atoms with Gasteiger partial charge in [-0.2, -0.15) is 0 Å². The van der Waals surface area contributed by atoms with Crippen molar-refractivity contribution in [3.63, 3.8) is 0 Å². The van der Waals surface area contributed by atoms with Gasteiger partial charge in [0.25, 0.3) is 0 Å². The number of carbonyl (C=O) groups excluding carboxylic acids is 4. The van der Waals surface area contributed by atoms with E-state index in [-0.39, 0.29) is 63.5 Å². The van der Waals surface area contributed by atoms with Gasteiger partial charge in [0.2, 0.25) is 23.6 Å². The first-order valence-corrected chi connectivity index (χ1v) is 14.2. The molecule has 0 bridgehead atoms. The number of amides is 4. The van der Waals surface area contributed by atoms with E-state index in [1.165, 1.54) is 6.92 Å². The molecule has 0 spiro atoms. The van der Waals surface area contributed by atoms with Crippen molar-refractivity contribution < 1.29 is 48.9 Å². The standard InChI is InChI=1S/C25H45N11O10/c1-12(33-21(43)15(7-9-18(39)40)35-20(42)13(26)6-8-17(37)38)19(41)34-14(4-2-10-31-24(27)28)22(44)36-16(23(45)46)5-3-11-32-25(29)30/h12-16H,2-11,26H2,1H3,(H,33,43)(H,34,41)(H,35,42)(H,36,44)(H,37,38)(H,39,40)(H,45,46)(H4,27,28,31)(H4,29,30,32)/t12-,13-,14-,15-,16-/m0/s1. The third-order valence-electron chi connectivity index (χ3n) is 6.18. The van der Waals surface area contributed by atoms with Gasteiger partial charge in [-0.25, -0.2) is 4.79 Å². The molecule has 0 fully saturated rings. The van der Waals surface area contributed by atoms with Crippen molar-refractivity contribution in [3.05, 3.63) is 0 Å². The number of rotatable bonds is 23. The third-order valence-corrected chi connectivity index (χ3v) is 6.18. The van der Waals surface area contributed by atoms with Crippen molar-refractivity contribution in [2.75, 3.05) is 13.1 Å². The Balaban J connectivity index is 5.65. The van der Waals surface area contributed by atoms with E-state index >= 15 is 0 Å². The highest BCUT2D eigenvalue weighted by atomic mass is 16.4. The van der Waals surface area contributed by atoms with E-state index < -0.39 is 84.6 Å². The Morgan fingerprint density at radius 3 is 1.48 bits per heavy atom. The number of guanidine groups is 2. The molecule has 46 heavy (non-hydrogen) atoms. The van der Waals surface area contributed by atoms with Crippen LogP contribution in [0.4, 0.5) is 0 Å². The molecule has 0 aromatic heterocycles.